The minimum atomic E-state index is -0.676. The van der Waals surface area contributed by atoms with Gasteiger partial charge in [0.2, 0.25) is 5.91 Å². The minimum Gasteiger partial charge on any atom is -0.465 e. The molecule has 1 aliphatic carbocycles. The van der Waals surface area contributed by atoms with E-state index in [0.717, 1.165) is 19.3 Å². The van der Waals surface area contributed by atoms with Gasteiger partial charge in [-0.3, -0.25) is 9.59 Å². The third kappa shape index (κ3) is 2.19. The quantitative estimate of drug-likeness (QED) is 0.658. The Morgan fingerprint density at radius 1 is 1.69 bits per heavy atom. The molecule has 2 aliphatic rings. The van der Waals surface area contributed by atoms with E-state index in [-0.39, 0.29) is 17.4 Å². The molecule has 5 heteroatoms. The molecule has 0 aromatic rings. The van der Waals surface area contributed by atoms with E-state index >= 15 is 0 Å². The molecule has 16 heavy (non-hydrogen) atoms. The zero-order valence-corrected chi connectivity index (χ0v) is 9.49. The summed E-state index contributed by atoms with van der Waals surface area (Å²) in [5, 5.41) is 2.98. The summed E-state index contributed by atoms with van der Waals surface area (Å²) in [6.07, 6.45) is 3.33. The van der Waals surface area contributed by atoms with Crippen LogP contribution in [-0.4, -0.2) is 30.1 Å². The van der Waals surface area contributed by atoms with Crippen molar-refractivity contribution in [2.24, 2.45) is 11.7 Å². The van der Waals surface area contributed by atoms with Crippen LogP contribution in [0.15, 0.2) is 0 Å². The molecule has 1 amide bonds. The molecule has 0 aromatic heterocycles. The summed E-state index contributed by atoms with van der Waals surface area (Å²) >= 11 is 0. The molecule has 0 unspecified atom stereocenters. The van der Waals surface area contributed by atoms with Gasteiger partial charge in [0.25, 0.3) is 0 Å². The maximum Gasteiger partial charge on any atom is 0.322 e. The molecule has 0 bridgehead atoms. The first-order chi connectivity index (χ1) is 7.56. The van der Waals surface area contributed by atoms with Crippen LogP contribution in [0.1, 0.15) is 32.6 Å². The van der Waals surface area contributed by atoms with Crippen molar-refractivity contribution in [2.75, 3.05) is 6.61 Å². The molecular formula is C11H18N2O3. The summed E-state index contributed by atoms with van der Waals surface area (Å²) < 4.78 is 4.82. The second-order valence-electron chi connectivity index (χ2n) is 4.76. The second kappa shape index (κ2) is 4.05. The Hall–Kier alpha value is -1.10. The molecular weight excluding hydrogens is 208 g/mol. The molecule has 5 nitrogen and oxygen atoms in total. The molecule has 1 heterocycles. The van der Waals surface area contributed by atoms with Crippen LogP contribution in [0, 0.1) is 5.92 Å². The van der Waals surface area contributed by atoms with Crippen LogP contribution in [-0.2, 0) is 14.3 Å². The van der Waals surface area contributed by atoms with E-state index in [4.69, 9.17) is 10.5 Å². The second-order valence-corrected chi connectivity index (χ2v) is 4.76. The van der Waals surface area contributed by atoms with E-state index in [2.05, 4.69) is 5.32 Å². The van der Waals surface area contributed by atoms with Gasteiger partial charge in [0.05, 0.1) is 6.61 Å². The molecule has 1 spiro atoms. The molecule has 1 saturated heterocycles. The van der Waals surface area contributed by atoms with Crippen molar-refractivity contribution >= 4 is 11.9 Å². The summed E-state index contributed by atoms with van der Waals surface area (Å²) in [6.45, 7) is 2.07. The van der Waals surface area contributed by atoms with Crippen LogP contribution in [0.25, 0.3) is 0 Å². The van der Waals surface area contributed by atoms with Crippen molar-refractivity contribution in [3.05, 3.63) is 0 Å². The standard InChI is InChI=1S/C11H18N2O3/c1-2-16-10(15)8(12)5-7-6-11(3-4-11)13-9(7)14/h7-8H,2-6,12H2,1H3,(H,13,14)/t7-,8+/m1/s1. The number of rotatable bonds is 4. The molecule has 2 rings (SSSR count). The van der Waals surface area contributed by atoms with Crippen molar-refractivity contribution in [1.82, 2.24) is 5.32 Å². The molecule has 2 fully saturated rings. The number of carbonyl (C=O) groups excluding carboxylic acids is 2. The normalized spacial score (nSPS) is 27.6. The monoisotopic (exact) mass is 226 g/mol. The topological polar surface area (TPSA) is 81.4 Å². The number of hydrogen-bond acceptors (Lipinski definition) is 4. The van der Waals surface area contributed by atoms with Crippen molar-refractivity contribution in [1.29, 1.82) is 0 Å². The number of nitrogens with two attached hydrogens (primary N) is 1. The van der Waals surface area contributed by atoms with Crippen LogP contribution in [0.2, 0.25) is 0 Å². The van der Waals surface area contributed by atoms with Gasteiger partial charge in [0.15, 0.2) is 0 Å². The zero-order valence-electron chi connectivity index (χ0n) is 9.49. The number of ether oxygens (including phenoxy) is 1. The van der Waals surface area contributed by atoms with E-state index in [0.29, 0.717) is 13.0 Å². The number of hydrogen-bond donors (Lipinski definition) is 2. The van der Waals surface area contributed by atoms with Crippen molar-refractivity contribution in [2.45, 2.75) is 44.2 Å². The highest BCUT2D eigenvalue weighted by Crippen LogP contribution is 2.46. The molecule has 0 aromatic carbocycles. The van der Waals surface area contributed by atoms with E-state index in [1.54, 1.807) is 6.92 Å². The zero-order chi connectivity index (χ0) is 11.8. The number of amides is 1. The van der Waals surface area contributed by atoms with Gasteiger partial charge in [-0.15, -0.1) is 0 Å². The third-order valence-electron chi connectivity index (χ3n) is 3.38. The highest BCUT2D eigenvalue weighted by molar-refractivity contribution is 5.84. The Morgan fingerprint density at radius 3 is 2.88 bits per heavy atom. The molecule has 0 radical (unpaired) electrons. The Morgan fingerprint density at radius 2 is 2.38 bits per heavy atom. The SMILES string of the molecule is CCOC(=O)[C@@H](N)C[C@@H]1CC2(CC2)NC1=O. The van der Waals surface area contributed by atoms with E-state index < -0.39 is 12.0 Å². The maximum absolute atomic E-state index is 11.6. The Kier molecular flexibility index (Phi) is 2.88. The van der Waals surface area contributed by atoms with Gasteiger partial charge in [-0.25, -0.2) is 0 Å². The first-order valence-corrected chi connectivity index (χ1v) is 5.80. The van der Waals surface area contributed by atoms with E-state index in [9.17, 15) is 9.59 Å². The highest BCUT2D eigenvalue weighted by Gasteiger charge is 2.52. The molecule has 3 N–H and O–H groups in total. The Labute approximate surface area is 94.7 Å². The smallest absolute Gasteiger partial charge is 0.322 e. The van der Waals surface area contributed by atoms with Crippen molar-refractivity contribution in [3.63, 3.8) is 0 Å². The Balaban J connectivity index is 1.85. The summed E-state index contributed by atoms with van der Waals surface area (Å²) in [6, 6.07) is -0.676. The first-order valence-electron chi connectivity index (χ1n) is 5.80. The van der Waals surface area contributed by atoms with Gasteiger partial charge in [-0.05, 0) is 32.6 Å². The summed E-state index contributed by atoms with van der Waals surface area (Å²) in [4.78, 5) is 23.0. The number of esters is 1. The molecule has 90 valence electrons. The van der Waals surface area contributed by atoms with Crippen molar-refractivity contribution < 1.29 is 14.3 Å². The van der Waals surface area contributed by atoms with Crippen LogP contribution < -0.4 is 11.1 Å². The summed E-state index contributed by atoms with van der Waals surface area (Å²) in [7, 11) is 0. The van der Waals surface area contributed by atoms with Gasteiger partial charge in [0.1, 0.15) is 6.04 Å². The van der Waals surface area contributed by atoms with Crippen molar-refractivity contribution in [3.8, 4) is 0 Å². The first kappa shape index (κ1) is 11.4. The van der Waals surface area contributed by atoms with Gasteiger partial charge in [-0.1, -0.05) is 0 Å². The minimum absolute atomic E-state index is 0.0391. The van der Waals surface area contributed by atoms with Gasteiger partial charge >= 0.3 is 5.97 Å². The fourth-order valence-corrected chi connectivity index (χ4v) is 2.30. The lowest BCUT2D eigenvalue weighted by molar-refractivity contribution is -0.145. The van der Waals surface area contributed by atoms with Crippen LogP contribution in [0.4, 0.5) is 0 Å². The lowest BCUT2D eigenvalue weighted by atomic mass is 9.96. The van der Waals surface area contributed by atoms with Gasteiger partial charge in [-0.2, -0.15) is 0 Å². The summed E-state index contributed by atoms with van der Waals surface area (Å²) in [5.41, 5.74) is 5.75. The lowest BCUT2D eigenvalue weighted by Gasteiger charge is -2.13. The van der Waals surface area contributed by atoms with Crippen LogP contribution >= 0.6 is 0 Å². The Bertz CT molecular complexity index is 312. The predicted molar refractivity (Wildman–Crippen MR) is 57.4 cm³/mol. The number of nitrogens with one attached hydrogen (secondary N) is 1. The molecule has 1 aliphatic heterocycles. The van der Waals surface area contributed by atoms with Gasteiger partial charge in [0, 0.05) is 11.5 Å². The summed E-state index contributed by atoms with van der Waals surface area (Å²) in [5.74, 6) is -0.494. The predicted octanol–water partition coefficient (Wildman–Crippen LogP) is -0.0644. The maximum atomic E-state index is 11.6. The molecule has 2 atom stereocenters. The van der Waals surface area contributed by atoms with Crippen LogP contribution in [0.5, 0.6) is 0 Å². The highest BCUT2D eigenvalue weighted by atomic mass is 16.5. The van der Waals surface area contributed by atoms with Crippen LogP contribution in [0.3, 0.4) is 0 Å². The third-order valence-corrected chi connectivity index (χ3v) is 3.38. The van der Waals surface area contributed by atoms with Gasteiger partial charge < -0.3 is 15.8 Å². The average molecular weight is 226 g/mol. The fourth-order valence-electron chi connectivity index (χ4n) is 2.30. The van der Waals surface area contributed by atoms with E-state index in [1.165, 1.54) is 0 Å². The molecule has 1 saturated carbocycles. The van der Waals surface area contributed by atoms with E-state index in [1.807, 2.05) is 0 Å². The lowest BCUT2D eigenvalue weighted by Crippen LogP contribution is -2.36. The fraction of sp³-hybridized carbons (Fsp3) is 0.818. The largest absolute Gasteiger partial charge is 0.465 e. The number of carbonyl (C=O) groups is 2. The average Bonchev–Trinajstić information content (AvgIpc) is 2.89.